The van der Waals surface area contributed by atoms with Crippen LogP contribution in [0.25, 0.3) is 0 Å². The third-order valence-corrected chi connectivity index (χ3v) is 3.73. The van der Waals surface area contributed by atoms with Gasteiger partial charge in [0.05, 0.1) is 17.9 Å². The Labute approximate surface area is 162 Å². The van der Waals surface area contributed by atoms with Gasteiger partial charge < -0.3 is 15.4 Å². The first-order valence-corrected chi connectivity index (χ1v) is 8.70. The molecule has 0 saturated heterocycles. The second-order valence-electron chi connectivity index (χ2n) is 5.70. The quantitative estimate of drug-likeness (QED) is 0.610. The summed E-state index contributed by atoms with van der Waals surface area (Å²) in [5.41, 5.74) is 1.77. The van der Waals surface area contributed by atoms with Gasteiger partial charge in [-0.15, -0.1) is 0 Å². The zero-order valence-corrected chi connectivity index (χ0v) is 15.3. The summed E-state index contributed by atoms with van der Waals surface area (Å²) in [7, 11) is 0. The molecule has 0 spiro atoms. The van der Waals surface area contributed by atoms with Crippen LogP contribution in [0.4, 0.5) is 11.6 Å². The highest BCUT2D eigenvalue weighted by Crippen LogP contribution is 2.17. The normalized spacial score (nSPS) is 10.2. The lowest BCUT2D eigenvalue weighted by molar-refractivity contribution is 0.0527. The van der Waals surface area contributed by atoms with E-state index < -0.39 is 11.9 Å². The highest BCUT2D eigenvalue weighted by Gasteiger charge is 2.16. The second kappa shape index (κ2) is 9.22. The molecule has 28 heavy (non-hydrogen) atoms. The standard InChI is InChI=1S/C20H19N5O3/c1-2-28-19(27)15-7-3-4-8-16(15)24-18(26)17-9-11-22-20(25-17)23-13-14-6-5-10-21-12-14/h3-12H,2,13H2,1H3,(H,24,26)(H,22,23,25). The lowest BCUT2D eigenvalue weighted by atomic mass is 10.1. The molecule has 3 rings (SSSR count). The molecule has 0 saturated carbocycles. The fourth-order valence-corrected chi connectivity index (χ4v) is 2.42. The van der Waals surface area contributed by atoms with Crippen molar-refractivity contribution in [2.75, 3.05) is 17.2 Å². The van der Waals surface area contributed by atoms with Crippen molar-refractivity contribution in [1.82, 2.24) is 15.0 Å². The molecule has 8 heteroatoms. The van der Waals surface area contributed by atoms with Gasteiger partial charge in [-0.3, -0.25) is 9.78 Å². The lowest BCUT2D eigenvalue weighted by Crippen LogP contribution is -2.18. The Morgan fingerprint density at radius 3 is 2.71 bits per heavy atom. The van der Waals surface area contributed by atoms with E-state index in [4.69, 9.17) is 4.74 Å². The van der Waals surface area contributed by atoms with Crippen LogP contribution in [0.2, 0.25) is 0 Å². The molecule has 2 heterocycles. The van der Waals surface area contributed by atoms with Crippen molar-refractivity contribution in [3.8, 4) is 0 Å². The summed E-state index contributed by atoms with van der Waals surface area (Å²) in [6.45, 7) is 2.45. The van der Waals surface area contributed by atoms with Crippen molar-refractivity contribution in [3.63, 3.8) is 0 Å². The van der Waals surface area contributed by atoms with Crippen LogP contribution in [-0.2, 0) is 11.3 Å². The number of hydrogen-bond acceptors (Lipinski definition) is 7. The van der Waals surface area contributed by atoms with E-state index in [9.17, 15) is 9.59 Å². The van der Waals surface area contributed by atoms with E-state index in [0.717, 1.165) is 5.56 Å². The number of para-hydroxylation sites is 1. The predicted octanol–water partition coefficient (Wildman–Crippen LogP) is 2.91. The summed E-state index contributed by atoms with van der Waals surface area (Å²) in [5.74, 6) is -0.640. The molecule has 142 valence electrons. The number of pyridine rings is 1. The van der Waals surface area contributed by atoms with E-state index in [2.05, 4.69) is 25.6 Å². The monoisotopic (exact) mass is 377 g/mol. The SMILES string of the molecule is CCOC(=O)c1ccccc1NC(=O)c1ccnc(NCc2cccnc2)n1. The molecule has 0 aliphatic rings. The van der Waals surface area contributed by atoms with Crippen molar-refractivity contribution in [2.45, 2.75) is 13.5 Å². The fraction of sp³-hybridized carbons (Fsp3) is 0.150. The van der Waals surface area contributed by atoms with Crippen molar-refractivity contribution in [2.24, 2.45) is 0 Å². The minimum Gasteiger partial charge on any atom is -0.462 e. The number of ether oxygens (including phenoxy) is 1. The number of aromatic nitrogens is 3. The van der Waals surface area contributed by atoms with Crippen LogP contribution >= 0.6 is 0 Å². The number of nitrogens with one attached hydrogen (secondary N) is 2. The van der Waals surface area contributed by atoms with E-state index in [1.54, 1.807) is 43.6 Å². The number of rotatable bonds is 7. The van der Waals surface area contributed by atoms with Gasteiger partial charge in [0.15, 0.2) is 0 Å². The zero-order valence-electron chi connectivity index (χ0n) is 15.3. The van der Waals surface area contributed by atoms with E-state index in [1.165, 1.54) is 12.3 Å². The molecule has 2 aromatic heterocycles. The summed E-state index contributed by atoms with van der Waals surface area (Å²) in [4.78, 5) is 37.0. The smallest absolute Gasteiger partial charge is 0.340 e. The second-order valence-corrected chi connectivity index (χ2v) is 5.70. The van der Waals surface area contributed by atoms with Gasteiger partial charge in [0.1, 0.15) is 5.69 Å². The number of hydrogen-bond donors (Lipinski definition) is 2. The third-order valence-electron chi connectivity index (χ3n) is 3.73. The molecule has 0 aliphatic heterocycles. The summed E-state index contributed by atoms with van der Waals surface area (Å²) in [5, 5.41) is 5.75. The minimum atomic E-state index is -0.500. The summed E-state index contributed by atoms with van der Waals surface area (Å²) in [6.07, 6.45) is 4.92. The van der Waals surface area contributed by atoms with Gasteiger partial charge in [-0.1, -0.05) is 18.2 Å². The molecule has 0 bridgehead atoms. The molecule has 8 nitrogen and oxygen atoms in total. The first-order chi connectivity index (χ1) is 13.7. The Kier molecular flexibility index (Phi) is 6.25. The van der Waals surface area contributed by atoms with Gasteiger partial charge in [-0.05, 0) is 36.8 Å². The molecule has 1 amide bonds. The Hall–Kier alpha value is -3.81. The van der Waals surface area contributed by atoms with E-state index in [0.29, 0.717) is 18.2 Å². The van der Waals surface area contributed by atoms with Crippen molar-refractivity contribution >= 4 is 23.5 Å². The van der Waals surface area contributed by atoms with Crippen molar-refractivity contribution in [1.29, 1.82) is 0 Å². The molecule has 0 radical (unpaired) electrons. The molecule has 0 fully saturated rings. The molecular weight excluding hydrogens is 358 g/mol. The average Bonchev–Trinajstić information content (AvgIpc) is 2.74. The number of amides is 1. The van der Waals surface area contributed by atoms with E-state index in [-0.39, 0.29) is 17.9 Å². The minimum absolute atomic E-state index is 0.169. The number of carbonyl (C=O) groups is 2. The average molecular weight is 377 g/mol. The van der Waals surface area contributed by atoms with Crippen molar-refractivity contribution in [3.05, 3.63) is 77.9 Å². The van der Waals surface area contributed by atoms with Crippen LogP contribution in [0.15, 0.2) is 61.1 Å². The highest BCUT2D eigenvalue weighted by atomic mass is 16.5. The van der Waals surface area contributed by atoms with Gasteiger partial charge in [-0.2, -0.15) is 0 Å². The molecule has 0 aliphatic carbocycles. The Bertz CT molecular complexity index is 963. The number of nitrogens with zero attached hydrogens (tertiary/aromatic N) is 3. The predicted molar refractivity (Wildman–Crippen MR) is 104 cm³/mol. The lowest BCUT2D eigenvalue weighted by Gasteiger charge is -2.10. The molecule has 0 atom stereocenters. The van der Waals surface area contributed by atoms with Crippen LogP contribution in [0, 0.1) is 0 Å². The van der Waals surface area contributed by atoms with Crippen molar-refractivity contribution < 1.29 is 14.3 Å². The summed E-state index contributed by atoms with van der Waals surface area (Å²) < 4.78 is 5.02. The number of carbonyl (C=O) groups excluding carboxylic acids is 2. The molecule has 1 aromatic carbocycles. The number of benzene rings is 1. The van der Waals surface area contributed by atoms with E-state index >= 15 is 0 Å². The van der Waals surface area contributed by atoms with E-state index in [1.807, 2.05) is 12.1 Å². The molecule has 0 unspecified atom stereocenters. The maximum Gasteiger partial charge on any atom is 0.340 e. The van der Waals surface area contributed by atoms with Gasteiger partial charge in [0.25, 0.3) is 5.91 Å². The zero-order chi connectivity index (χ0) is 19.8. The van der Waals surface area contributed by atoms with Crippen LogP contribution in [0.1, 0.15) is 33.3 Å². The Morgan fingerprint density at radius 2 is 1.93 bits per heavy atom. The fourth-order valence-electron chi connectivity index (χ4n) is 2.42. The van der Waals surface area contributed by atoms with Crippen LogP contribution in [-0.4, -0.2) is 33.4 Å². The number of anilines is 2. The first-order valence-electron chi connectivity index (χ1n) is 8.70. The number of esters is 1. The maximum atomic E-state index is 12.6. The first kappa shape index (κ1) is 19.0. The summed E-state index contributed by atoms with van der Waals surface area (Å²) >= 11 is 0. The Balaban J connectivity index is 1.71. The topological polar surface area (TPSA) is 106 Å². The molecule has 3 aromatic rings. The van der Waals surface area contributed by atoms with Gasteiger partial charge in [0, 0.05) is 25.1 Å². The highest BCUT2D eigenvalue weighted by molar-refractivity contribution is 6.07. The summed E-state index contributed by atoms with van der Waals surface area (Å²) in [6, 6.07) is 11.9. The van der Waals surface area contributed by atoms with Gasteiger partial charge >= 0.3 is 5.97 Å². The largest absolute Gasteiger partial charge is 0.462 e. The third kappa shape index (κ3) is 4.88. The molecule has 2 N–H and O–H groups in total. The van der Waals surface area contributed by atoms with Crippen LogP contribution in [0.3, 0.4) is 0 Å². The van der Waals surface area contributed by atoms with Gasteiger partial charge in [0.2, 0.25) is 5.95 Å². The van der Waals surface area contributed by atoms with Crippen LogP contribution < -0.4 is 10.6 Å². The van der Waals surface area contributed by atoms with Gasteiger partial charge in [-0.25, -0.2) is 14.8 Å². The maximum absolute atomic E-state index is 12.6. The van der Waals surface area contributed by atoms with Crippen LogP contribution in [0.5, 0.6) is 0 Å². The Morgan fingerprint density at radius 1 is 1.07 bits per heavy atom. The molecular formula is C20H19N5O3.